The average molecular weight is 460 g/mol. The number of hydrogen-bond acceptors (Lipinski definition) is 3. The molecule has 168 valence electrons. The second-order valence-corrected chi connectivity index (χ2v) is 8.46. The first-order valence-electron chi connectivity index (χ1n) is 10.9. The lowest BCUT2D eigenvalue weighted by molar-refractivity contribution is 0.0942. The first kappa shape index (κ1) is 22.8. The Bertz CT molecular complexity index is 1300. The zero-order valence-corrected chi connectivity index (χ0v) is 19.4. The van der Waals surface area contributed by atoms with Crippen LogP contribution in [0.3, 0.4) is 0 Å². The molecule has 1 heterocycles. The Morgan fingerprint density at radius 2 is 1.82 bits per heavy atom. The summed E-state index contributed by atoms with van der Waals surface area (Å²) in [4.78, 5) is 28.8. The number of aromatic amines is 1. The summed E-state index contributed by atoms with van der Waals surface area (Å²) in [7, 11) is 1.59. The van der Waals surface area contributed by atoms with Crippen molar-refractivity contribution in [3.05, 3.63) is 106 Å². The molecule has 4 rings (SSSR count). The Hall–Kier alpha value is -3.41. The van der Waals surface area contributed by atoms with E-state index in [9.17, 15) is 9.59 Å². The van der Waals surface area contributed by atoms with E-state index in [4.69, 9.17) is 11.6 Å². The molecule has 3 aromatic carbocycles. The minimum atomic E-state index is -0.506. The molecule has 5 nitrogen and oxygen atoms in total. The van der Waals surface area contributed by atoms with E-state index in [-0.39, 0.29) is 11.7 Å². The van der Waals surface area contributed by atoms with Gasteiger partial charge >= 0.3 is 0 Å². The highest BCUT2D eigenvalue weighted by Gasteiger charge is 2.24. The van der Waals surface area contributed by atoms with Gasteiger partial charge in [0.2, 0.25) is 0 Å². The van der Waals surface area contributed by atoms with Gasteiger partial charge in [0, 0.05) is 46.8 Å². The predicted octanol–water partition coefficient (Wildman–Crippen LogP) is 5.25. The van der Waals surface area contributed by atoms with Crippen molar-refractivity contribution in [2.24, 2.45) is 0 Å². The number of benzene rings is 3. The minimum Gasteiger partial charge on any atom is -0.360 e. The number of amides is 1. The highest BCUT2D eigenvalue weighted by molar-refractivity contribution is 6.31. The predicted molar refractivity (Wildman–Crippen MR) is 133 cm³/mol. The highest BCUT2D eigenvalue weighted by Crippen LogP contribution is 2.26. The molecule has 6 heteroatoms. The van der Waals surface area contributed by atoms with Crippen LogP contribution >= 0.6 is 11.6 Å². The van der Waals surface area contributed by atoms with Crippen LogP contribution < -0.4 is 10.6 Å². The smallest absolute Gasteiger partial charge is 0.251 e. The number of aromatic nitrogens is 1. The van der Waals surface area contributed by atoms with Crippen molar-refractivity contribution >= 4 is 34.2 Å². The maximum atomic E-state index is 13.7. The number of carbonyl (C=O) groups is 2. The Labute approximate surface area is 198 Å². The topological polar surface area (TPSA) is 74.0 Å². The van der Waals surface area contributed by atoms with Crippen LogP contribution in [-0.2, 0) is 6.42 Å². The van der Waals surface area contributed by atoms with Gasteiger partial charge in [-0.3, -0.25) is 9.59 Å². The van der Waals surface area contributed by atoms with Gasteiger partial charge in [0.05, 0.1) is 6.04 Å². The van der Waals surface area contributed by atoms with Crippen LogP contribution in [0.2, 0.25) is 5.02 Å². The molecule has 0 saturated carbocycles. The van der Waals surface area contributed by atoms with E-state index in [0.717, 1.165) is 32.6 Å². The van der Waals surface area contributed by atoms with Crippen molar-refractivity contribution in [3.63, 3.8) is 0 Å². The zero-order valence-electron chi connectivity index (χ0n) is 18.6. The normalized spacial score (nSPS) is 12.0. The summed E-state index contributed by atoms with van der Waals surface area (Å²) in [5.41, 5.74) is 4.93. The number of aryl methyl sites for hydroxylation is 1. The van der Waals surface area contributed by atoms with Gasteiger partial charge in [-0.15, -0.1) is 0 Å². The van der Waals surface area contributed by atoms with Crippen molar-refractivity contribution in [1.82, 2.24) is 15.6 Å². The Morgan fingerprint density at radius 1 is 1.03 bits per heavy atom. The molecular weight excluding hydrogens is 434 g/mol. The fraction of sp³-hybridized carbons (Fsp3) is 0.185. The maximum absolute atomic E-state index is 13.7. The molecule has 0 bridgehead atoms. The number of Topliss-reactive ketones (excluding diaryl/α,β-unsaturated/α-hetero) is 1. The second-order valence-electron chi connectivity index (χ2n) is 8.05. The van der Waals surface area contributed by atoms with Crippen LogP contribution in [0.5, 0.6) is 0 Å². The number of nitrogens with one attached hydrogen (secondary N) is 3. The molecule has 1 atom stereocenters. The van der Waals surface area contributed by atoms with E-state index >= 15 is 0 Å². The lowest BCUT2D eigenvalue weighted by Crippen LogP contribution is -2.30. The molecule has 0 aliphatic rings. The average Bonchev–Trinajstić information content (AvgIpc) is 3.26. The largest absolute Gasteiger partial charge is 0.360 e. The first-order valence-corrected chi connectivity index (χ1v) is 11.3. The summed E-state index contributed by atoms with van der Waals surface area (Å²) < 4.78 is 0. The van der Waals surface area contributed by atoms with Gasteiger partial charge in [-0.05, 0) is 48.2 Å². The van der Waals surface area contributed by atoms with Crippen molar-refractivity contribution in [2.45, 2.75) is 19.4 Å². The molecule has 0 spiro atoms. The van der Waals surface area contributed by atoms with Gasteiger partial charge in [-0.2, -0.15) is 0 Å². The van der Waals surface area contributed by atoms with E-state index in [1.807, 2.05) is 61.5 Å². The standard InChI is InChI=1S/C27H26ClN3O2/c1-17-8-9-18(23(28)14-17)12-13-30-25(19-6-4-3-5-7-19)26(32)22-16-31-24-15-20(27(33)29-2)10-11-21(22)24/h3-11,14-16,25,30-31H,12-13H2,1-2H3,(H,29,33)/t25-/m0/s1. The molecular formula is C27H26ClN3O2. The third-order valence-electron chi connectivity index (χ3n) is 5.78. The summed E-state index contributed by atoms with van der Waals surface area (Å²) >= 11 is 6.39. The minimum absolute atomic E-state index is 0.0323. The second kappa shape index (κ2) is 10.0. The molecule has 1 aromatic heterocycles. The summed E-state index contributed by atoms with van der Waals surface area (Å²) in [6.45, 7) is 2.61. The maximum Gasteiger partial charge on any atom is 0.251 e. The van der Waals surface area contributed by atoms with Crippen molar-refractivity contribution < 1.29 is 9.59 Å². The Balaban J connectivity index is 1.59. The highest BCUT2D eigenvalue weighted by atomic mass is 35.5. The number of rotatable bonds is 8. The number of H-pyrrole nitrogens is 1. The summed E-state index contributed by atoms with van der Waals surface area (Å²) in [6, 6.07) is 20.5. The molecule has 33 heavy (non-hydrogen) atoms. The lowest BCUT2D eigenvalue weighted by Gasteiger charge is -2.18. The van der Waals surface area contributed by atoms with E-state index in [2.05, 4.69) is 15.6 Å². The third-order valence-corrected chi connectivity index (χ3v) is 6.13. The number of fused-ring (bicyclic) bond motifs is 1. The van der Waals surface area contributed by atoms with E-state index in [1.165, 1.54) is 0 Å². The van der Waals surface area contributed by atoms with Gasteiger partial charge < -0.3 is 15.6 Å². The number of ketones is 1. The van der Waals surface area contributed by atoms with E-state index in [1.54, 1.807) is 25.4 Å². The van der Waals surface area contributed by atoms with Gasteiger partial charge in [0.1, 0.15) is 0 Å². The number of hydrogen-bond donors (Lipinski definition) is 3. The number of halogens is 1. The van der Waals surface area contributed by atoms with Crippen LogP contribution in [0.4, 0.5) is 0 Å². The molecule has 0 aliphatic heterocycles. The lowest BCUT2D eigenvalue weighted by atomic mass is 9.96. The van der Waals surface area contributed by atoms with Crippen LogP contribution in [0.15, 0.2) is 72.9 Å². The summed E-state index contributed by atoms with van der Waals surface area (Å²) in [5.74, 6) is -0.201. The third kappa shape index (κ3) is 5.00. The first-order chi connectivity index (χ1) is 16.0. The fourth-order valence-electron chi connectivity index (χ4n) is 3.98. The van der Waals surface area contributed by atoms with Gasteiger partial charge in [-0.1, -0.05) is 60.1 Å². The van der Waals surface area contributed by atoms with E-state index in [0.29, 0.717) is 24.1 Å². The SMILES string of the molecule is CNC(=O)c1ccc2c(C(=O)[C@@H](NCCc3ccc(C)cc3Cl)c3ccccc3)c[nH]c2c1. The van der Waals surface area contributed by atoms with Gasteiger partial charge in [0.15, 0.2) is 5.78 Å². The van der Waals surface area contributed by atoms with Crippen LogP contribution in [0.25, 0.3) is 10.9 Å². The zero-order chi connectivity index (χ0) is 23.4. The molecule has 0 saturated heterocycles. The Kier molecular flexibility index (Phi) is 6.92. The van der Waals surface area contributed by atoms with Crippen molar-refractivity contribution in [1.29, 1.82) is 0 Å². The van der Waals surface area contributed by atoms with Crippen molar-refractivity contribution in [3.8, 4) is 0 Å². The van der Waals surface area contributed by atoms with Gasteiger partial charge in [0.25, 0.3) is 5.91 Å². The summed E-state index contributed by atoms with van der Waals surface area (Å²) in [6.07, 6.45) is 2.42. The molecule has 3 N–H and O–H groups in total. The quantitative estimate of drug-likeness (QED) is 0.315. The number of carbonyl (C=O) groups excluding carboxylic acids is 2. The monoisotopic (exact) mass is 459 g/mol. The molecule has 0 unspecified atom stereocenters. The Morgan fingerprint density at radius 3 is 2.55 bits per heavy atom. The van der Waals surface area contributed by atoms with E-state index < -0.39 is 6.04 Å². The summed E-state index contributed by atoms with van der Waals surface area (Å²) in [5, 5.41) is 7.58. The van der Waals surface area contributed by atoms with Crippen LogP contribution in [-0.4, -0.2) is 30.3 Å². The van der Waals surface area contributed by atoms with Crippen LogP contribution in [0, 0.1) is 6.92 Å². The molecule has 4 aromatic rings. The fourth-order valence-corrected chi connectivity index (χ4v) is 4.31. The van der Waals surface area contributed by atoms with Crippen LogP contribution in [0.1, 0.15) is 43.4 Å². The molecule has 0 fully saturated rings. The molecule has 1 amide bonds. The molecule has 0 aliphatic carbocycles. The van der Waals surface area contributed by atoms with Crippen molar-refractivity contribution in [2.75, 3.05) is 13.6 Å². The van der Waals surface area contributed by atoms with Gasteiger partial charge in [-0.25, -0.2) is 0 Å². The molecule has 0 radical (unpaired) electrons.